The highest BCUT2D eigenvalue weighted by Crippen LogP contribution is 2.31. The highest BCUT2D eigenvalue weighted by molar-refractivity contribution is 5.95. The van der Waals surface area contributed by atoms with E-state index in [1.54, 1.807) is 0 Å². The number of carbonyl (C=O) groups excluding carboxylic acids is 1. The van der Waals surface area contributed by atoms with Crippen molar-refractivity contribution in [2.75, 3.05) is 0 Å². The molecule has 0 radical (unpaired) electrons. The van der Waals surface area contributed by atoms with Crippen LogP contribution in [-0.4, -0.2) is 16.5 Å². The molecule has 3 heteroatoms. The lowest BCUT2D eigenvalue weighted by Crippen LogP contribution is -2.29. The average molecular weight is 322 g/mol. The van der Waals surface area contributed by atoms with Gasteiger partial charge in [0.05, 0.1) is 0 Å². The molecule has 1 heterocycles. The number of aryl methyl sites for hydroxylation is 1. The number of hydrogen-bond donors (Lipinski definition) is 1. The molecule has 0 saturated heterocycles. The Balaban J connectivity index is 1.74. The number of rotatable bonds is 4. The van der Waals surface area contributed by atoms with E-state index in [0.717, 1.165) is 37.9 Å². The number of amides is 1. The van der Waals surface area contributed by atoms with Gasteiger partial charge in [-0.3, -0.25) is 4.79 Å². The van der Waals surface area contributed by atoms with Crippen molar-refractivity contribution in [2.45, 2.75) is 65.0 Å². The topological polar surface area (TPSA) is 34.0 Å². The zero-order chi connectivity index (χ0) is 16.7. The van der Waals surface area contributed by atoms with E-state index in [9.17, 15) is 4.79 Å². The summed E-state index contributed by atoms with van der Waals surface area (Å²) >= 11 is 0. The van der Waals surface area contributed by atoms with Crippen molar-refractivity contribution in [1.82, 2.24) is 9.88 Å². The van der Waals surface area contributed by atoms with Crippen LogP contribution in [0.2, 0.25) is 0 Å². The number of carbonyl (C=O) groups is 1. The van der Waals surface area contributed by atoms with Gasteiger partial charge in [0.15, 0.2) is 0 Å². The van der Waals surface area contributed by atoms with E-state index in [1.807, 2.05) is 0 Å². The Morgan fingerprint density at radius 1 is 1.12 bits per heavy atom. The zero-order valence-corrected chi connectivity index (χ0v) is 14.7. The van der Waals surface area contributed by atoms with Crippen molar-refractivity contribution in [3.63, 3.8) is 0 Å². The molecule has 2 aliphatic carbocycles. The van der Waals surface area contributed by atoms with Gasteiger partial charge in [0, 0.05) is 18.3 Å². The van der Waals surface area contributed by atoms with E-state index < -0.39 is 0 Å². The van der Waals surface area contributed by atoms with Crippen LogP contribution in [0.25, 0.3) is 0 Å². The lowest BCUT2D eigenvalue weighted by atomic mass is 9.95. The van der Waals surface area contributed by atoms with Crippen molar-refractivity contribution in [2.24, 2.45) is 0 Å². The van der Waals surface area contributed by atoms with E-state index in [0.29, 0.717) is 6.04 Å². The second kappa shape index (κ2) is 6.12. The number of benzene rings is 1. The molecular weight excluding hydrogens is 296 g/mol. The van der Waals surface area contributed by atoms with Crippen LogP contribution in [0.4, 0.5) is 0 Å². The minimum Gasteiger partial charge on any atom is -0.348 e. The van der Waals surface area contributed by atoms with E-state index >= 15 is 0 Å². The maximum Gasteiger partial charge on any atom is 0.268 e. The molecule has 0 atom stereocenters. The average Bonchev–Trinajstić information content (AvgIpc) is 3.35. The molecule has 2 aliphatic rings. The number of nitrogens with one attached hydrogen (secondary N) is 1. The van der Waals surface area contributed by atoms with Crippen LogP contribution < -0.4 is 5.32 Å². The highest BCUT2D eigenvalue weighted by Gasteiger charge is 2.30. The minimum absolute atomic E-state index is 0.122. The first-order chi connectivity index (χ1) is 11.6. The van der Waals surface area contributed by atoms with Crippen molar-refractivity contribution in [3.05, 3.63) is 57.9 Å². The Hall–Kier alpha value is -2.03. The summed E-state index contributed by atoms with van der Waals surface area (Å²) in [5, 5.41) is 3.20. The van der Waals surface area contributed by atoms with Crippen LogP contribution in [-0.2, 0) is 19.4 Å². The minimum atomic E-state index is 0.122. The van der Waals surface area contributed by atoms with Gasteiger partial charge in [-0.15, -0.1) is 0 Å². The third-order valence-corrected chi connectivity index (χ3v) is 5.43. The van der Waals surface area contributed by atoms with Gasteiger partial charge in [0.25, 0.3) is 5.91 Å². The van der Waals surface area contributed by atoms with Crippen LogP contribution in [0.5, 0.6) is 0 Å². The first-order valence-corrected chi connectivity index (χ1v) is 9.20. The third-order valence-electron chi connectivity index (χ3n) is 5.43. The Morgan fingerprint density at radius 3 is 2.54 bits per heavy atom. The van der Waals surface area contributed by atoms with Crippen molar-refractivity contribution >= 4 is 5.91 Å². The molecule has 1 aromatic heterocycles. The van der Waals surface area contributed by atoms with Gasteiger partial charge in [-0.05, 0) is 69.1 Å². The Labute approximate surface area is 144 Å². The van der Waals surface area contributed by atoms with Gasteiger partial charge < -0.3 is 9.88 Å². The molecule has 1 N–H and O–H groups in total. The second-order valence-electron chi connectivity index (χ2n) is 7.43. The predicted octanol–water partition coefficient (Wildman–Crippen LogP) is 3.92. The van der Waals surface area contributed by atoms with Crippen molar-refractivity contribution < 1.29 is 4.79 Å². The number of nitrogens with zero attached hydrogens (tertiary/aromatic N) is 1. The molecule has 1 saturated carbocycles. The molecule has 0 spiro atoms. The highest BCUT2D eigenvalue weighted by atomic mass is 16.2. The Morgan fingerprint density at radius 2 is 1.83 bits per heavy atom. The predicted molar refractivity (Wildman–Crippen MR) is 96.6 cm³/mol. The Bertz CT molecular complexity index is 766. The molecule has 1 amide bonds. The fraction of sp³-hybridized carbons (Fsp3) is 0.476. The summed E-state index contributed by atoms with van der Waals surface area (Å²) in [5.41, 5.74) is 7.46. The fourth-order valence-electron chi connectivity index (χ4n) is 3.90. The molecular formula is C21H26N2O. The van der Waals surface area contributed by atoms with E-state index in [4.69, 9.17) is 0 Å². The molecule has 0 bridgehead atoms. The molecule has 4 rings (SSSR count). The smallest absolute Gasteiger partial charge is 0.268 e. The zero-order valence-electron chi connectivity index (χ0n) is 14.7. The normalized spacial score (nSPS) is 16.8. The number of aromatic nitrogens is 1. The standard InChI is InChI=1S/C21H26N2O/c1-14-7-9-16(10-8-14)13-23-19-6-4-3-5-18(19)15(2)20(23)21(24)22-17-11-12-17/h7-10,17H,3-6,11-13H2,1-2H3,(H,22,24). The maximum absolute atomic E-state index is 12.9. The second-order valence-corrected chi connectivity index (χ2v) is 7.43. The van der Waals surface area contributed by atoms with Crippen LogP contribution >= 0.6 is 0 Å². The molecule has 24 heavy (non-hydrogen) atoms. The van der Waals surface area contributed by atoms with Gasteiger partial charge in [0.2, 0.25) is 0 Å². The summed E-state index contributed by atoms with van der Waals surface area (Å²) in [5.74, 6) is 0.122. The van der Waals surface area contributed by atoms with Gasteiger partial charge in [-0.1, -0.05) is 29.8 Å². The first-order valence-electron chi connectivity index (χ1n) is 9.20. The summed E-state index contributed by atoms with van der Waals surface area (Å²) < 4.78 is 2.30. The summed E-state index contributed by atoms with van der Waals surface area (Å²) in [6.45, 7) is 5.04. The van der Waals surface area contributed by atoms with E-state index in [2.05, 4.69) is 48.0 Å². The monoisotopic (exact) mass is 322 g/mol. The first kappa shape index (κ1) is 15.5. The molecule has 1 aromatic carbocycles. The van der Waals surface area contributed by atoms with Crippen LogP contribution in [0.1, 0.15) is 64.1 Å². The largest absolute Gasteiger partial charge is 0.348 e. The van der Waals surface area contributed by atoms with Gasteiger partial charge in [-0.25, -0.2) is 0 Å². The quantitative estimate of drug-likeness (QED) is 0.909. The molecule has 126 valence electrons. The summed E-state index contributed by atoms with van der Waals surface area (Å²) in [7, 11) is 0. The molecule has 2 aromatic rings. The van der Waals surface area contributed by atoms with Crippen LogP contribution in [0, 0.1) is 13.8 Å². The Kier molecular flexibility index (Phi) is 3.95. The number of hydrogen-bond acceptors (Lipinski definition) is 1. The lowest BCUT2D eigenvalue weighted by molar-refractivity contribution is 0.0941. The molecule has 3 nitrogen and oxygen atoms in total. The molecule has 0 aliphatic heterocycles. The van der Waals surface area contributed by atoms with Gasteiger partial charge >= 0.3 is 0 Å². The van der Waals surface area contributed by atoms with Crippen LogP contribution in [0.3, 0.4) is 0 Å². The van der Waals surface area contributed by atoms with E-state index in [1.165, 1.54) is 40.8 Å². The van der Waals surface area contributed by atoms with Crippen LogP contribution in [0.15, 0.2) is 24.3 Å². The molecule has 1 fully saturated rings. The number of fused-ring (bicyclic) bond motifs is 1. The fourth-order valence-corrected chi connectivity index (χ4v) is 3.90. The van der Waals surface area contributed by atoms with Crippen molar-refractivity contribution in [1.29, 1.82) is 0 Å². The van der Waals surface area contributed by atoms with Crippen molar-refractivity contribution in [3.8, 4) is 0 Å². The lowest BCUT2D eigenvalue weighted by Gasteiger charge is -2.17. The third kappa shape index (κ3) is 2.88. The van der Waals surface area contributed by atoms with Gasteiger partial charge in [-0.2, -0.15) is 0 Å². The molecule has 0 unspecified atom stereocenters. The SMILES string of the molecule is Cc1ccc(Cn2c3c(c(C)c2C(=O)NC2CC2)CCCC3)cc1. The summed E-state index contributed by atoms with van der Waals surface area (Å²) in [6, 6.07) is 9.08. The van der Waals surface area contributed by atoms with E-state index in [-0.39, 0.29) is 5.91 Å². The summed E-state index contributed by atoms with van der Waals surface area (Å²) in [4.78, 5) is 12.9. The maximum atomic E-state index is 12.9. The van der Waals surface area contributed by atoms with Gasteiger partial charge in [0.1, 0.15) is 5.69 Å². The summed E-state index contributed by atoms with van der Waals surface area (Å²) in [6.07, 6.45) is 6.94.